The second-order valence-corrected chi connectivity index (χ2v) is 3.85. The van der Waals surface area contributed by atoms with Crippen LogP contribution in [-0.4, -0.2) is 49.2 Å². The molecule has 0 rings (SSSR count). The van der Waals surface area contributed by atoms with Gasteiger partial charge in [-0.1, -0.05) is 13.3 Å². The highest BCUT2D eigenvalue weighted by Gasteiger charge is 1.96. The van der Waals surface area contributed by atoms with Gasteiger partial charge in [-0.25, -0.2) is 0 Å². The van der Waals surface area contributed by atoms with Crippen LogP contribution in [0.15, 0.2) is 0 Å². The van der Waals surface area contributed by atoms with Crippen LogP contribution in [0.2, 0.25) is 0 Å². The average molecular weight is 216 g/mol. The summed E-state index contributed by atoms with van der Waals surface area (Å²) in [5.74, 6) is -0.687. The maximum Gasteiger partial charge on any atom is 0.303 e. The Morgan fingerprint density at radius 2 is 2.00 bits per heavy atom. The minimum atomic E-state index is -0.687. The smallest absolute Gasteiger partial charge is 0.303 e. The predicted octanol–water partition coefficient (Wildman–Crippen LogP) is 1.17. The van der Waals surface area contributed by atoms with Crippen LogP contribution in [-0.2, 0) is 4.79 Å². The first-order chi connectivity index (χ1) is 7.16. The lowest BCUT2D eigenvalue weighted by Gasteiger charge is -2.13. The van der Waals surface area contributed by atoms with Crippen molar-refractivity contribution in [2.75, 3.05) is 33.2 Å². The molecule has 0 fully saturated rings. The molecule has 0 aliphatic carbocycles. The fourth-order valence-corrected chi connectivity index (χ4v) is 1.26. The van der Waals surface area contributed by atoms with Gasteiger partial charge in [0.05, 0.1) is 0 Å². The number of carboxylic acids is 1. The number of unbranched alkanes of at least 4 members (excludes halogenated alkanes) is 2. The Balaban J connectivity index is 3.02. The number of likely N-dealkylation sites (N-methyl/N-ethyl adjacent to an activating group) is 1. The van der Waals surface area contributed by atoms with Crippen molar-refractivity contribution in [1.29, 1.82) is 0 Å². The Bertz CT molecular complexity index is 163. The van der Waals surface area contributed by atoms with Gasteiger partial charge in [-0.15, -0.1) is 0 Å². The summed E-state index contributed by atoms with van der Waals surface area (Å²) < 4.78 is 0. The molecule has 0 aromatic carbocycles. The summed E-state index contributed by atoms with van der Waals surface area (Å²) in [4.78, 5) is 12.5. The van der Waals surface area contributed by atoms with Crippen molar-refractivity contribution in [3.63, 3.8) is 0 Å². The molecule has 0 aliphatic heterocycles. The molecule has 90 valence electrons. The number of nitrogens with zero attached hydrogens (tertiary/aromatic N) is 1. The first-order valence-corrected chi connectivity index (χ1v) is 5.78. The lowest BCUT2D eigenvalue weighted by molar-refractivity contribution is -0.137. The molecule has 4 heteroatoms. The van der Waals surface area contributed by atoms with Crippen LogP contribution in [0.25, 0.3) is 0 Å². The molecule has 0 atom stereocenters. The Labute approximate surface area is 92.7 Å². The molecule has 0 heterocycles. The predicted molar refractivity (Wildman–Crippen MR) is 62.1 cm³/mol. The van der Waals surface area contributed by atoms with Gasteiger partial charge in [0.2, 0.25) is 0 Å². The zero-order valence-electron chi connectivity index (χ0n) is 9.96. The van der Waals surface area contributed by atoms with Crippen molar-refractivity contribution in [1.82, 2.24) is 10.2 Å². The minimum Gasteiger partial charge on any atom is -0.481 e. The van der Waals surface area contributed by atoms with Crippen LogP contribution in [0.1, 0.15) is 32.6 Å². The third-order valence-electron chi connectivity index (χ3n) is 2.45. The van der Waals surface area contributed by atoms with Crippen LogP contribution < -0.4 is 5.32 Å². The molecule has 0 amide bonds. The second kappa shape index (κ2) is 9.93. The summed E-state index contributed by atoms with van der Waals surface area (Å²) in [5, 5.41) is 11.8. The van der Waals surface area contributed by atoms with E-state index in [1.807, 2.05) is 0 Å². The summed E-state index contributed by atoms with van der Waals surface area (Å²) in [6.07, 6.45) is 3.18. The first-order valence-electron chi connectivity index (χ1n) is 5.78. The lowest BCUT2D eigenvalue weighted by Crippen LogP contribution is -2.29. The molecule has 0 aliphatic rings. The first kappa shape index (κ1) is 14.4. The van der Waals surface area contributed by atoms with Crippen molar-refractivity contribution in [3.05, 3.63) is 0 Å². The maximum atomic E-state index is 10.2. The van der Waals surface area contributed by atoms with Crippen molar-refractivity contribution in [2.24, 2.45) is 0 Å². The molecule has 0 saturated heterocycles. The lowest BCUT2D eigenvalue weighted by atomic mass is 10.2. The Morgan fingerprint density at radius 1 is 1.27 bits per heavy atom. The Hall–Kier alpha value is -0.610. The highest BCUT2D eigenvalue weighted by Crippen LogP contribution is 1.98. The number of carboxylic acid groups (broad SMARTS) is 1. The average Bonchev–Trinajstić information content (AvgIpc) is 2.21. The normalized spacial score (nSPS) is 10.9. The van der Waals surface area contributed by atoms with Crippen LogP contribution in [0.3, 0.4) is 0 Å². The Morgan fingerprint density at radius 3 is 2.60 bits per heavy atom. The van der Waals surface area contributed by atoms with E-state index in [0.29, 0.717) is 6.42 Å². The van der Waals surface area contributed by atoms with E-state index in [-0.39, 0.29) is 0 Å². The standard InChI is InChI=1S/C11H24N2O2/c1-3-13(2)10-9-12-8-6-4-5-7-11(14)15/h12H,3-10H2,1-2H3,(H,14,15). The van der Waals surface area contributed by atoms with Crippen molar-refractivity contribution in [2.45, 2.75) is 32.6 Å². The Kier molecular flexibility index (Phi) is 9.52. The number of nitrogens with one attached hydrogen (secondary N) is 1. The fraction of sp³-hybridized carbons (Fsp3) is 0.909. The summed E-state index contributed by atoms with van der Waals surface area (Å²) in [7, 11) is 2.11. The fourth-order valence-electron chi connectivity index (χ4n) is 1.26. The molecule has 0 bridgehead atoms. The minimum absolute atomic E-state index is 0.304. The molecule has 15 heavy (non-hydrogen) atoms. The van der Waals surface area contributed by atoms with Gasteiger partial charge in [-0.05, 0) is 33.0 Å². The number of aliphatic carboxylic acids is 1. The van der Waals surface area contributed by atoms with Crippen LogP contribution in [0.5, 0.6) is 0 Å². The second-order valence-electron chi connectivity index (χ2n) is 3.85. The molecule has 0 saturated carbocycles. The molecule has 0 aromatic rings. The third kappa shape index (κ3) is 11.3. The van der Waals surface area contributed by atoms with E-state index >= 15 is 0 Å². The van der Waals surface area contributed by atoms with E-state index in [0.717, 1.165) is 45.4 Å². The third-order valence-corrected chi connectivity index (χ3v) is 2.45. The van der Waals surface area contributed by atoms with Gasteiger partial charge < -0.3 is 15.3 Å². The van der Waals surface area contributed by atoms with Gasteiger partial charge in [0.15, 0.2) is 0 Å². The van der Waals surface area contributed by atoms with Crippen LogP contribution >= 0.6 is 0 Å². The molecule has 0 unspecified atom stereocenters. The number of carbonyl (C=O) groups is 1. The van der Waals surface area contributed by atoms with E-state index < -0.39 is 5.97 Å². The highest BCUT2D eigenvalue weighted by atomic mass is 16.4. The maximum absolute atomic E-state index is 10.2. The van der Waals surface area contributed by atoms with Gasteiger partial charge >= 0.3 is 5.97 Å². The SMILES string of the molecule is CCN(C)CCNCCCCCC(=O)O. The summed E-state index contributed by atoms with van der Waals surface area (Å²) in [5.41, 5.74) is 0. The summed E-state index contributed by atoms with van der Waals surface area (Å²) >= 11 is 0. The summed E-state index contributed by atoms with van der Waals surface area (Å²) in [6.45, 7) is 6.32. The van der Waals surface area contributed by atoms with Crippen LogP contribution in [0, 0.1) is 0 Å². The van der Waals surface area contributed by atoms with E-state index in [1.54, 1.807) is 0 Å². The largest absolute Gasteiger partial charge is 0.481 e. The van der Waals surface area contributed by atoms with Gasteiger partial charge in [-0.3, -0.25) is 4.79 Å². The van der Waals surface area contributed by atoms with E-state index in [2.05, 4.69) is 24.2 Å². The summed E-state index contributed by atoms with van der Waals surface area (Å²) in [6, 6.07) is 0. The molecule has 4 nitrogen and oxygen atoms in total. The monoisotopic (exact) mass is 216 g/mol. The quantitative estimate of drug-likeness (QED) is 0.538. The molecule has 2 N–H and O–H groups in total. The van der Waals surface area contributed by atoms with Gasteiger partial charge in [0, 0.05) is 19.5 Å². The van der Waals surface area contributed by atoms with Crippen molar-refractivity contribution >= 4 is 5.97 Å². The number of hydrogen-bond donors (Lipinski definition) is 2. The van der Waals surface area contributed by atoms with Gasteiger partial charge in [0.25, 0.3) is 0 Å². The molecule has 0 aromatic heterocycles. The number of rotatable bonds is 10. The molecular weight excluding hydrogens is 192 g/mol. The molecule has 0 spiro atoms. The van der Waals surface area contributed by atoms with Gasteiger partial charge in [0.1, 0.15) is 0 Å². The van der Waals surface area contributed by atoms with E-state index in [4.69, 9.17) is 5.11 Å². The van der Waals surface area contributed by atoms with E-state index in [1.165, 1.54) is 0 Å². The van der Waals surface area contributed by atoms with Gasteiger partial charge in [-0.2, -0.15) is 0 Å². The molecular formula is C11H24N2O2. The van der Waals surface area contributed by atoms with Crippen molar-refractivity contribution < 1.29 is 9.90 Å². The zero-order valence-corrected chi connectivity index (χ0v) is 9.96. The zero-order chi connectivity index (χ0) is 11.5. The highest BCUT2D eigenvalue weighted by molar-refractivity contribution is 5.66. The molecule has 0 radical (unpaired) electrons. The topological polar surface area (TPSA) is 52.6 Å². The van der Waals surface area contributed by atoms with E-state index in [9.17, 15) is 4.79 Å². The van der Waals surface area contributed by atoms with Crippen LogP contribution in [0.4, 0.5) is 0 Å². The van der Waals surface area contributed by atoms with Crippen molar-refractivity contribution in [3.8, 4) is 0 Å². The number of hydrogen-bond acceptors (Lipinski definition) is 3.